The maximum absolute atomic E-state index is 6.35. The van der Waals surface area contributed by atoms with E-state index < -0.39 is 0 Å². The van der Waals surface area contributed by atoms with Crippen LogP contribution in [0.25, 0.3) is 11.1 Å². The molecule has 0 aliphatic carbocycles. The summed E-state index contributed by atoms with van der Waals surface area (Å²) in [6, 6.07) is 8.44. The van der Waals surface area contributed by atoms with Gasteiger partial charge in [-0.1, -0.05) is 30.7 Å². The zero-order valence-corrected chi connectivity index (χ0v) is 11.7. The highest BCUT2D eigenvalue weighted by Crippen LogP contribution is 2.33. The van der Waals surface area contributed by atoms with E-state index >= 15 is 0 Å². The van der Waals surface area contributed by atoms with Gasteiger partial charge in [0.05, 0.1) is 0 Å². The summed E-state index contributed by atoms with van der Waals surface area (Å²) in [7, 11) is 0. The number of aryl methyl sites for hydroxylation is 1. The third-order valence-electron chi connectivity index (χ3n) is 2.76. The minimum atomic E-state index is 0.835. The molecule has 1 aromatic carbocycles. The van der Waals surface area contributed by atoms with Crippen molar-refractivity contribution in [2.75, 3.05) is 6.54 Å². The van der Waals surface area contributed by atoms with Crippen LogP contribution < -0.4 is 5.32 Å². The van der Waals surface area contributed by atoms with Gasteiger partial charge >= 0.3 is 0 Å². The molecule has 0 aliphatic rings. The molecule has 0 saturated carbocycles. The zero-order chi connectivity index (χ0) is 12.3. The molecule has 0 aliphatic heterocycles. The largest absolute Gasteiger partial charge is 0.313 e. The Bertz CT molecular complexity index is 505. The van der Waals surface area contributed by atoms with Crippen LogP contribution in [0, 0.1) is 6.92 Å². The molecule has 0 amide bonds. The molecule has 1 N–H and O–H groups in total. The van der Waals surface area contributed by atoms with E-state index in [1.54, 1.807) is 11.3 Å². The van der Waals surface area contributed by atoms with Crippen LogP contribution in [0.15, 0.2) is 29.6 Å². The molecule has 0 atom stereocenters. The Morgan fingerprint density at radius 2 is 2.06 bits per heavy atom. The molecule has 2 aromatic rings. The molecule has 3 heteroatoms. The van der Waals surface area contributed by atoms with Gasteiger partial charge in [-0.25, -0.2) is 0 Å². The quantitative estimate of drug-likeness (QED) is 0.859. The highest BCUT2D eigenvalue weighted by atomic mass is 35.5. The molecule has 0 radical (unpaired) electrons. The van der Waals surface area contributed by atoms with Gasteiger partial charge in [0, 0.05) is 22.0 Å². The van der Waals surface area contributed by atoms with Crippen LogP contribution in [0.5, 0.6) is 0 Å². The van der Waals surface area contributed by atoms with Crippen molar-refractivity contribution in [3.63, 3.8) is 0 Å². The van der Waals surface area contributed by atoms with E-state index in [-0.39, 0.29) is 0 Å². The third-order valence-corrected chi connectivity index (χ3v) is 3.92. The fourth-order valence-corrected chi connectivity index (χ4v) is 2.84. The lowest BCUT2D eigenvalue weighted by molar-refractivity contribution is 0.727. The lowest BCUT2D eigenvalue weighted by atomic mass is 10.0. The van der Waals surface area contributed by atoms with Crippen molar-refractivity contribution in [2.24, 2.45) is 0 Å². The summed E-state index contributed by atoms with van der Waals surface area (Å²) in [5.74, 6) is 0. The van der Waals surface area contributed by atoms with Gasteiger partial charge in [-0.3, -0.25) is 0 Å². The fourth-order valence-electron chi connectivity index (χ4n) is 1.82. The van der Waals surface area contributed by atoms with Crippen molar-refractivity contribution in [1.82, 2.24) is 5.32 Å². The van der Waals surface area contributed by atoms with Gasteiger partial charge in [-0.05, 0) is 42.1 Å². The number of benzene rings is 1. The highest BCUT2D eigenvalue weighted by molar-refractivity contribution is 7.10. The minimum Gasteiger partial charge on any atom is -0.313 e. The first-order valence-electron chi connectivity index (χ1n) is 5.76. The van der Waals surface area contributed by atoms with Crippen molar-refractivity contribution >= 4 is 22.9 Å². The van der Waals surface area contributed by atoms with E-state index in [0.29, 0.717) is 0 Å². The van der Waals surface area contributed by atoms with Crippen LogP contribution in [-0.2, 0) is 6.54 Å². The summed E-state index contributed by atoms with van der Waals surface area (Å²) < 4.78 is 0. The van der Waals surface area contributed by atoms with E-state index in [2.05, 4.69) is 48.8 Å². The molecular weight excluding hydrogens is 250 g/mol. The Kier molecular flexibility index (Phi) is 4.21. The number of nitrogens with one attached hydrogen (secondary N) is 1. The van der Waals surface area contributed by atoms with Crippen LogP contribution in [0.1, 0.15) is 17.4 Å². The molecule has 90 valence electrons. The van der Waals surface area contributed by atoms with Gasteiger partial charge in [-0.2, -0.15) is 0 Å². The molecule has 1 heterocycles. The summed E-state index contributed by atoms with van der Waals surface area (Å²) >= 11 is 8.10. The molecule has 0 fully saturated rings. The maximum Gasteiger partial charge on any atom is 0.0488 e. The lowest BCUT2D eigenvalue weighted by Crippen LogP contribution is -2.11. The Labute approximate surface area is 111 Å². The first-order valence-corrected chi connectivity index (χ1v) is 7.01. The van der Waals surface area contributed by atoms with E-state index in [4.69, 9.17) is 11.6 Å². The number of halogens is 1. The van der Waals surface area contributed by atoms with Crippen molar-refractivity contribution < 1.29 is 0 Å². The minimum absolute atomic E-state index is 0.835. The van der Waals surface area contributed by atoms with Crippen LogP contribution in [-0.4, -0.2) is 6.54 Å². The summed E-state index contributed by atoms with van der Waals surface area (Å²) in [5.41, 5.74) is 3.61. The predicted octanol–water partition coefficient (Wildman–Crippen LogP) is 4.49. The Hall–Kier alpha value is -0.830. The second-order valence-electron chi connectivity index (χ2n) is 3.98. The van der Waals surface area contributed by atoms with Gasteiger partial charge in [-0.15, -0.1) is 11.3 Å². The molecule has 0 bridgehead atoms. The van der Waals surface area contributed by atoms with E-state index in [1.165, 1.54) is 16.0 Å². The normalized spacial score (nSPS) is 10.8. The highest BCUT2D eigenvalue weighted by Gasteiger charge is 2.07. The topological polar surface area (TPSA) is 12.0 Å². The number of hydrogen-bond donors (Lipinski definition) is 1. The standard InChI is InChI=1S/C14H16ClNS/c1-3-16-9-11-4-5-13(14(15)8-11)12-6-7-17-10(12)2/h4-8,16H,3,9H2,1-2H3. The Morgan fingerprint density at radius 1 is 1.24 bits per heavy atom. The average Bonchev–Trinajstić information content (AvgIpc) is 2.73. The molecule has 1 aromatic heterocycles. The van der Waals surface area contributed by atoms with Crippen LogP contribution >= 0.6 is 22.9 Å². The number of rotatable bonds is 4. The smallest absolute Gasteiger partial charge is 0.0488 e. The lowest BCUT2D eigenvalue weighted by Gasteiger charge is -2.07. The van der Waals surface area contributed by atoms with Gasteiger partial charge in [0.25, 0.3) is 0 Å². The van der Waals surface area contributed by atoms with Gasteiger partial charge in [0.1, 0.15) is 0 Å². The van der Waals surface area contributed by atoms with Crippen LogP contribution in [0.2, 0.25) is 5.02 Å². The third kappa shape index (κ3) is 2.89. The number of hydrogen-bond acceptors (Lipinski definition) is 2. The first kappa shape index (κ1) is 12.6. The Balaban J connectivity index is 2.29. The van der Waals surface area contributed by atoms with Crippen molar-refractivity contribution in [1.29, 1.82) is 0 Å². The summed E-state index contributed by atoms with van der Waals surface area (Å²) in [5, 5.41) is 6.24. The van der Waals surface area contributed by atoms with Gasteiger partial charge in [0.2, 0.25) is 0 Å². The van der Waals surface area contributed by atoms with Crippen molar-refractivity contribution in [2.45, 2.75) is 20.4 Å². The Morgan fingerprint density at radius 3 is 2.65 bits per heavy atom. The zero-order valence-electron chi connectivity index (χ0n) is 10.1. The SMILES string of the molecule is CCNCc1ccc(-c2ccsc2C)c(Cl)c1. The van der Waals surface area contributed by atoms with E-state index in [1.807, 2.05) is 0 Å². The molecule has 2 rings (SSSR count). The molecule has 0 spiro atoms. The second-order valence-corrected chi connectivity index (χ2v) is 5.51. The molecule has 0 saturated heterocycles. The molecule has 1 nitrogen and oxygen atoms in total. The van der Waals surface area contributed by atoms with Gasteiger partial charge in [0.15, 0.2) is 0 Å². The summed E-state index contributed by atoms with van der Waals surface area (Å²) in [6.45, 7) is 6.08. The molecular formula is C14H16ClNS. The van der Waals surface area contributed by atoms with Crippen molar-refractivity contribution in [3.8, 4) is 11.1 Å². The van der Waals surface area contributed by atoms with Crippen LogP contribution in [0.4, 0.5) is 0 Å². The average molecular weight is 266 g/mol. The second kappa shape index (κ2) is 5.67. The van der Waals surface area contributed by atoms with E-state index in [9.17, 15) is 0 Å². The monoisotopic (exact) mass is 265 g/mol. The van der Waals surface area contributed by atoms with Crippen LogP contribution in [0.3, 0.4) is 0 Å². The maximum atomic E-state index is 6.35. The summed E-state index contributed by atoms with van der Waals surface area (Å²) in [6.07, 6.45) is 0. The van der Waals surface area contributed by atoms with Crippen molar-refractivity contribution in [3.05, 3.63) is 45.1 Å². The summed E-state index contributed by atoms with van der Waals surface area (Å²) in [4.78, 5) is 1.31. The predicted molar refractivity (Wildman–Crippen MR) is 76.9 cm³/mol. The fraction of sp³-hybridized carbons (Fsp3) is 0.286. The first-order chi connectivity index (χ1) is 8.22. The number of thiophene rings is 1. The molecule has 0 unspecified atom stereocenters. The van der Waals surface area contributed by atoms with Gasteiger partial charge < -0.3 is 5.32 Å². The molecule has 17 heavy (non-hydrogen) atoms. The van der Waals surface area contributed by atoms with E-state index in [0.717, 1.165) is 23.7 Å².